The van der Waals surface area contributed by atoms with Crippen LogP contribution in [0.4, 0.5) is 0 Å². The average Bonchev–Trinajstić information content (AvgIpc) is 2.61. The standard InChI is InChI=1S/C19H30N2O3S/c1-3-14-21(15-4-2)19(22)16-10-12-18(13-11-16)25(23,24)20-17-8-6-5-7-9-17/h10-13,17,20H,3-9,14-15H2,1-2H3. The maximum atomic E-state index is 12.6. The van der Waals surface area contributed by atoms with Gasteiger partial charge in [-0.3, -0.25) is 4.79 Å². The zero-order chi connectivity index (χ0) is 18.3. The van der Waals surface area contributed by atoms with Gasteiger partial charge >= 0.3 is 0 Å². The van der Waals surface area contributed by atoms with Crippen LogP contribution in [0.1, 0.15) is 69.2 Å². The van der Waals surface area contributed by atoms with Crippen molar-refractivity contribution in [3.8, 4) is 0 Å². The van der Waals surface area contributed by atoms with Crippen LogP contribution in [-0.4, -0.2) is 38.4 Å². The van der Waals surface area contributed by atoms with Gasteiger partial charge in [0.2, 0.25) is 10.0 Å². The van der Waals surface area contributed by atoms with Crippen LogP contribution in [0.3, 0.4) is 0 Å². The van der Waals surface area contributed by atoms with Crippen molar-refractivity contribution in [3.05, 3.63) is 29.8 Å². The average molecular weight is 367 g/mol. The molecule has 0 aromatic heterocycles. The van der Waals surface area contributed by atoms with E-state index in [0.29, 0.717) is 5.56 Å². The lowest BCUT2D eigenvalue weighted by atomic mass is 9.96. The molecule has 1 fully saturated rings. The van der Waals surface area contributed by atoms with Gasteiger partial charge in [-0.1, -0.05) is 33.1 Å². The molecular formula is C19H30N2O3S. The molecule has 0 aliphatic heterocycles. The van der Waals surface area contributed by atoms with Crippen LogP contribution in [0.25, 0.3) is 0 Å². The fourth-order valence-electron chi connectivity index (χ4n) is 3.32. The lowest BCUT2D eigenvalue weighted by Crippen LogP contribution is -2.36. The SMILES string of the molecule is CCCN(CCC)C(=O)c1ccc(S(=O)(=O)NC2CCCCC2)cc1. The summed E-state index contributed by atoms with van der Waals surface area (Å²) < 4.78 is 27.8. The maximum absolute atomic E-state index is 12.6. The molecule has 0 heterocycles. The molecule has 0 radical (unpaired) electrons. The highest BCUT2D eigenvalue weighted by Crippen LogP contribution is 2.20. The van der Waals surface area contributed by atoms with Gasteiger partial charge in [0.25, 0.3) is 5.91 Å². The van der Waals surface area contributed by atoms with E-state index < -0.39 is 10.0 Å². The van der Waals surface area contributed by atoms with Gasteiger partial charge in [0.15, 0.2) is 0 Å². The van der Waals surface area contributed by atoms with E-state index in [9.17, 15) is 13.2 Å². The number of amides is 1. The summed E-state index contributed by atoms with van der Waals surface area (Å²) in [5.74, 6) is -0.0344. The van der Waals surface area contributed by atoms with Crippen LogP contribution in [0, 0.1) is 0 Å². The molecule has 0 atom stereocenters. The molecule has 1 saturated carbocycles. The second-order valence-electron chi connectivity index (χ2n) is 6.77. The lowest BCUT2D eigenvalue weighted by molar-refractivity contribution is 0.0755. The zero-order valence-corrected chi connectivity index (χ0v) is 16.1. The van der Waals surface area contributed by atoms with E-state index in [1.54, 1.807) is 12.1 Å². The van der Waals surface area contributed by atoms with Crippen LogP contribution in [-0.2, 0) is 10.0 Å². The maximum Gasteiger partial charge on any atom is 0.253 e. The molecule has 0 spiro atoms. The molecule has 5 nitrogen and oxygen atoms in total. The molecule has 140 valence electrons. The number of nitrogens with zero attached hydrogens (tertiary/aromatic N) is 1. The highest BCUT2D eigenvalue weighted by atomic mass is 32.2. The van der Waals surface area contributed by atoms with Crippen molar-refractivity contribution in [2.24, 2.45) is 0 Å². The van der Waals surface area contributed by atoms with Crippen molar-refractivity contribution in [2.75, 3.05) is 13.1 Å². The van der Waals surface area contributed by atoms with E-state index in [0.717, 1.165) is 51.6 Å². The van der Waals surface area contributed by atoms with Crippen molar-refractivity contribution < 1.29 is 13.2 Å². The Morgan fingerprint density at radius 2 is 1.60 bits per heavy atom. The highest BCUT2D eigenvalue weighted by molar-refractivity contribution is 7.89. The quantitative estimate of drug-likeness (QED) is 0.765. The summed E-state index contributed by atoms with van der Waals surface area (Å²) >= 11 is 0. The molecule has 25 heavy (non-hydrogen) atoms. The van der Waals surface area contributed by atoms with Crippen molar-refractivity contribution in [3.63, 3.8) is 0 Å². The number of hydrogen-bond acceptors (Lipinski definition) is 3. The molecule has 0 unspecified atom stereocenters. The summed E-state index contributed by atoms with van der Waals surface area (Å²) in [7, 11) is -3.52. The topological polar surface area (TPSA) is 66.5 Å². The number of rotatable bonds is 8. The van der Waals surface area contributed by atoms with Gasteiger partial charge < -0.3 is 4.90 Å². The third kappa shape index (κ3) is 5.54. The van der Waals surface area contributed by atoms with E-state index in [4.69, 9.17) is 0 Å². The molecule has 1 aliphatic rings. The summed E-state index contributed by atoms with van der Waals surface area (Å²) in [6.45, 7) is 5.52. The Labute approximate surface area is 151 Å². The molecule has 1 aromatic carbocycles. The first-order valence-corrected chi connectivity index (χ1v) is 10.9. The number of benzene rings is 1. The Morgan fingerprint density at radius 1 is 1.04 bits per heavy atom. The minimum atomic E-state index is -3.52. The van der Waals surface area contributed by atoms with Crippen LogP contribution >= 0.6 is 0 Å². The first-order valence-electron chi connectivity index (χ1n) is 9.39. The molecule has 0 saturated heterocycles. The van der Waals surface area contributed by atoms with Crippen LogP contribution in [0.2, 0.25) is 0 Å². The summed E-state index contributed by atoms with van der Waals surface area (Å²) in [6, 6.07) is 6.35. The van der Waals surface area contributed by atoms with Gasteiger partial charge in [-0.25, -0.2) is 13.1 Å². The van der Waals surface area contributed by atoms with E-state index in [1.807, 2.05) is 18.7 Å². The number of hydrogen-bond donors (Lipinski definition) is 1. The Morgan fingerprint density at radius 3 is 2.12 bits per heavy atom. The van der Waals surface area contributed by atoms with Gasteiger partial charge in [0.05, 0.1) is 4.90 Å². The van der Waals surface area contributed by atoms with Crippen molar-refractivity contribution >= 4 is 15.9 Å². The first kappa shape index (κ1) is 19.9. The van der Waals surface area contributed by atoms with Crippen molar-refractivity contribution in [1.82, 2.24) is 9.62 Å². The fourth-order valence-corrected chi connectivity index (χ4v) is 4.63. The minimum Gasteiger partial charge on any atom is -0.339 e. The van der Waals surface area contributed by atoms with E-state index in [2.05, 4.69) is 4.72 Å². The highest BCUT2D eigenvalue weighted by Gasteiger charge is 2.22. The smallest absolute Gasteiger partial charge is 0.253 e. The summed E-state index contributed by atoms with van der Waals surface area (Å²) in [6.07, 6.45) is 6.95. The molecular weight excluding hydrogens is 336 g/mol. The van der Waals surface area contributed by atoms with Crippen LogP contribution in [0.15, 0.2) is 29.2 Å². The van der Waals surface area contributed by atoms with E-state index in [-0.39, 0.29) is 16.8 Å². The second-order valence-corrected chi connectivity index (χ2v) is 8.49. The Balaban J connectivity index is 2.08. The minimum absolute atomic E-state index is 0.0321. The predicted octanol–water partition coefficient (Wildman–Crippen LogP) is 3.56. The van der Waals surface area contributed by atoms with Crippen LogP contribution < -0.4 is 4.72 Å². The third-order valence-electron chi connectivity index (χ3n) is 4.61. The molecule has 2 rings (SSSR count). The molecule has 6 heteroatoms. The number of sulfonamides is 1. The van der Waals surface area contributed by atoms with Gasteiger partial charge in [-0.05, 0) is 49.9 Å². The number of carbonyl (C=O) groups is 1. The monoisotopic (exact) mass is 366 g/mol. The molecule has 1 aliphatic carbocycles. The molecule has 1 N–H and O–H groups in total. The second kappa shape index (κ2) is 9.34. The normalized spacial score (nSPS) is 15.9. The van der Waals surface area contributed by atoms with Gasteiger partial charge in [-0.2, -0.15) is 0 Å². The van der Waals surface area contributed by atoms with Gasteiger partial charge in [0.1, 0.15) is 0 Å². The predicted molar refractivity (Wildman–Crippen MR) is 100 cm³/mol. The molecule has 1 aromatic rings. The van der Waals surface area contributed by atoms with E-state index in [1.165, 1.54) is 18.6 Å². The van der Waals surface area contributed by atoms with Gasteiger partial charge in [-0.15, -0.1) is 0 Å². The number of carbonyl (C=O) groups excluding carboxylic acids is 1. The first-order chi connectivity index (χ1) is 12.0. The number of nitrogens with one attached hydrogen (secondary N) is 1. The van der Waals surface area contributed by atoms with Crippen molar-refractivity contribution in [2.45, 2.75) is 69.7 Å². The lowest BCUT2D eigenvalue weighted by Gasteiger charge is -2.23. The zero-order valence-electron chi connectivity index (χ0n) is 15.3. The molecule has 0 bridgehead atoms. The Hall–Kier alpha value is -1.40. The fraction of sp³-hybridized carbons (Fsp3) is 0.632. The summed E-state index contributed by atoms with van der Waals surface area (Å²) in [4.78, 5) is 14.6. The summed E-state index contributed by atoms with van der Waals surface area (Å²) in [5.41, 5.74) is 0.540. The molecule has 1 amide bonds. The van der Waals surface area contributed by atoms with Crippen LogP contribution in [0.5, 0.6) is 0 Å². The Kier molecular flexibility index (Phi) is 7.44. The van der Waals surface area contributed by atoms with Crippen molar-refractivity contribution in [1.29, 1.82) is 0 Å². The largest absolute Gasteiger partial charge is 0.339 e. The Bertz CT molecular complexity index is 644. The summed E-state index contributed by atoms with van der Waals surface area (Å²) in [5, 5.41) is 0. The van der Waals surface area contributed by atoms with Gasteiger partial charge in [0, 0.05) is 24.7 Å². The third-order valence-corrected chi connectivity index (χ3v) is 6.15. The van der Waals surface area contributed by atoms with E-state index >= 15 is 0 Å².